The molecule has 122 valence electrons. The molecule has 1 N–H and O–H groups in total. The van der Waals surface area contributed by atoms with Crippen molar-refractivity contribution in [2.45, 2.75) is 12.6 Å². The molecule has 0 aliphatic carbocycles. The average molecular weight is 358 g/mol. The summed E-state index contributed by atoms with van der Waals surface area (Å²) < 4.78 is 2.22. The Hall–Kier alpha value is -2.24. The van der Waals surface area contributed by atoms with Gasteiger partial charge in [0.25, 0.3) is 0 Å². The molecule has 0 saturated heterocycles. The first-order chi connectivity index (χ1) is 11.7. The molecule has 1 unspecified atom stereocenters. The summed E-state index contributed by atoms with van der Waals surface area (Å²) in [5.41, 5.74) is 1.89. The van der Waals surface area contributed by atoms with Crippen LogP contribution in [0.15, 0.2) is 60.1 Å². The maximum Gasteiger partial charge on any atom is 0.322 e. The van der Waals surface area contributed by atoms with Gasteiger partial charge in [0.2, 0.25) is 0 Å². The van der Waals surface area contributed by atoms with Gasteiger partial charge < -0.3 is 14.8 Å². The quantitative estimate of drug-likeness (QED) is 0.700. The molecule has 1 atom stereocenters. The summed E-state index contributed by atoms with van der Waals surface area (Å²) in [6.45, 7) is 1.47. The van der Waals surface area contributed by atoms with E-state index in [1.807, 2.05) is 34.5 Å². The highest BCUT2D eigenvalue weighted by Gasteiger charge is 2.32. The fourth-order valence-electron chi connectivity index (χ4n) is 3.08. The van der Waals surface area contributed by atoms with Gasteiger partial charge in [0.1, 0.15) is 6.04 Å². The van der Waals surface area contributed by atoms with Gasteiger partial charge in [-0.15, -0.1) is 11.3 Å². The highest BCUT2D eigenvalue weighted by atomic mass is 35.5. The Bertz CT molecular complexity index is 842. The number of urea groups is 1. The molecule has 0 fully saturated rings. The van der Waals surface area contributed by atoms with Gasteiger partial charge in [0, 0.05) is 40.6 Å². The summed E-state index contributed by atoms with van der Waals surface area (Å²) in [5.74, 6) is 0. The number of anilines is 1. The van der Waals surface area contributed by atoms with Crippen LogP contribution < -0.4 is 5.32 Å². The number of carbonyl (C=O) groups is 1. The third-order valence-electron chi connectivity index (χ3n) is 4.21. The number of rotatable bonds is 2. The van der Waals surface area contributed by atoms with E-state index in [0.717, 1.165) is 17.9 Å². The first-order valence-corrected chi connectivity index (χ1v) is 9.00. The molecule has 1 aliphatic rings. The molecule has 0 bridgehead atoms. The Morgan fingerprint density at radius 2 is 1.96 bits per heavy atom. The lowest BCUT2D eigenvalue weighted by molar-refractivity contribution is 0.183. The van der Waals surface area contributed by atoms with Crippen LogP contribution in [0.1, 0.15) is 16.6 Å². The third kappa shape index (κ3) is 2.81. The highest BCUT2D eigenvalue weighted by Crippen LogP contribution is 2.35. The first-order valence-electron chi connectivity index (χ1n) is 7.74. The molecule has 6 heteroatoms. The minimum Gasteiger partial charge on any atom is -0.347 e. The van der Waals surface area contributed by atoms with Crippen LogP contribution in [0.4, 0.5) is 10.5 Å². The minimum absolute atomic E-state index is 0.0546. The van der Waals surface area contributed by atoms with Gasteiger partial charge in [-0.3, -0.25) is 0 Å². The maximum atomic E-state index is 12.9. The molecule has 3 aromatic rings. The number of carbonyl (C=O) groups excluding carboxylic acids is 1. The van der Waals surface area contributed by atoms with Gasteiger partial charge in [0.05, 0.1) is 0 Å². The minimum atomic E-state index is -0.0943. The van der Waals surface area contributed by atoms with Crippen molar-refractivity contribution in [1.82, 2.24) is 9.47 Å². The predicted molar refractivity (Wildman–Crippen MR) is 97.8 cm³/mol. The SMILES string of the molecule is O=C(Nc1ccc(Cl)cc1)N1CCn2cccc2C1c1cccs1. The van der Waals surface area contributed by atoms with E-state index >= 15 is 0 Å². The molecular formula is C18H16ClN3OS. The standard InChI is InChI=1S/C18H16ClN3OS/c19-13-5-7-14(8-6-13)20-18(23)22-11-10-21-9-1-3-15(21)17(22)16-4-2-12-24-16/h1-9,12,17H,10-11H2,(H,20,23). The van der Waals surface area contributed by atoms with Gasteiger partial charge in [-0.2, -0.15) is 0 Å². The summed E-state index contributed by atoms with van der Waals surface area (Å²) in [5, 5.41) is 5.68. The molecule has 4 rings (SSSR count). The number of hydrogen-bond donors (Lipinski definition) is 1. The van der Waals surface area contributed by atoms with Crippen LogP contribution in [0.3, 0.4) is 0 Å². The van der Waals surface area contributed by atoms with Crippen LogP contribution >= 0.6 is 22.9 Å². The van der Waals surface area contributed by atoms with Crippen molar-refractivity contribution >= 4 is 34.7 Å². The van der Waals surface area contributed by atoms with E-state index in [1.54, 1.807) is 23.5 Å². The van der Waals surface area contributed by atoms with E-state index in [1.165, 1.54) is 4.88 Å². The normalized spacial score (nSPS) is 16.7. The van der Waals surface area contributed by atoms with Gasteiger partial charge in [-0.05, 0) is 47.8 Å². The highest BCUT2D eigenvalue weighted by molar-refractivity contribution is 7.10. The van der Waals surface area contributed by atoms with Crippen molar-refractivity contribution in [3.8, 4) is 0 Å². The molecule has 2 amide bonds. The van der Waals surface area contributed by atoms with Crippen molar-refractivity contribution in [1.29, 1.82) is 0 Å². The number of fused-ring (bicyclic) bond motifs is 1. The Morgan fingerprint density at radius 3 is 2.71 bits per heavy atom. The lowest BCUT2D eigenvalue weighted by Gasteiger charge is -2.36. The fraction of sp³-hybridized carbons (Fsp3) is 0.167. The lowest BCUT2D eigenvalue weighted by atomic mass is 10.1. The van der Waals surface area contributed by atoms with E-state index in [2.05, 4.69) is 28.2 Å². The number of nitrogens with zero attached hydrogens (tertiary/aromatic N) is 2. The average Bonchev–Trinajstić information content (AvgIpc) is 3.27. The molecule has 0 saturated carbocycles. The predicted octanol–water partition coefficient (Wildman–Crippen LogP) is 4.84. The molecule has 4 nitrogen and oxygen atoms in total. The van der Waals surface area contributed by atoms with Crippen molar-refractivity contribution in [3.05, 3.63) is 75.7 Å². The largest absolute Gasteiger partial charge is 0.347 e. The van der Waals surface area contributed by atoms with E-state index in [9.17, 15) is 4.79 Å². The maximum absolute atomic E-state index is 12.9. The topological polar surface area (TPSA) is 37.3 Å². The zero-order chi connectivity index (χ0) is 16.5. The summed E-state index contributed by atoms with van der Waals surface area (Å²) >= 11 is 7.58. The van der Waals surface area contributed by atoms with Crippen LogP contribution in [0.25, 0.3) is 0 Å². The molecule has 24 heavy (non-hydrogen) atoms. The van der Waals surface area contributed by atoms with Crippen LogP contribution in [-0.4, -0.2) is 22.0 Å². The van der Waals surface area contributed by atoms with Gasteiger partial charge >= 0.3 is 6.03 Å². The number of amides is 2. The second-order valence-corrected chi connectivity index (χ2v) is 7.09. The van der Waals surface area contributed by atoms with Crippen LogP contribution in [0, 0.1) is 0 Å². The molecule has 2 aromatic heterocycles. The van der Waals surface area contributed by atoms with Crippen molar-refractivity contribution in [2.24, 2.45) is 0 Å². The Morgan fingerprint density at radius 1 is 1.12 bits per heavy atom. The first kappa shape index (κ1) is 15.3. The lowest BCUT2D eigenvalue weighted by Crippen LogP contribution is -2.44. The molecule has 3 heterocycles. The van der Waals surface area contributed by atoms with Crippen LogP contribution in [-0.2, 0) is 6.54 Å². The Balaban J connectivity index is 1.63. The van der Waals surface area contributed by atoms with Crippen LogP contribution in [0.5, 0.6) is 0 Å². The number of nitrogens with one attached hydrogen (secondary N) is 1. The second kappa shape index (κ2) is 6.34. The summed E-state index contributed by atoms with van der Waals surface area (Å²) in [6, 6.07) is 15.3. The molecule has 0 radical (unpaired) electrons. The molecular weight excluding hydrogens is 342 g/mol. The summed E-state index contributed by atoms with van der Waals surface area (Å²) in [4.78, 5) is 15.9. The number of benzene rings is 1. The number of thiophene rings is 1. The summed E-state index contributed by atoms with van der Waals surface area (Å²) in [7, 11) is 0. The zero-order valence-electron chi connectivity index (χ0n) is 12.9. The Kier molecular flexibility index (Phi) is 4.04. The number of halogens is 1. The number of hydrogen-bond acceptors (Lipinski definition) is 2. The van der Waals surface area contributed by atoms with Crippen molar-refractivity contribution in [3.63, 3.8) is 0 Å². The second-order valence-electron chi connectivity index (χ2n) is 5.67. The smallest absolute Gasteiger partial charge is 0.322 e. The van der Waals surface area contributed by atoms with E-state index in [0.29, 0.717) is 11.6 Å². The summed E-state index contributed by atoms with van der Waals surface area (Å²) in [6.07, 6.45) is 2.07. The van der Waals surface area contributed by atoms with Crippen molar-refractivity contribution < 1.29 is 4.79 Å². The molecule has 0 spiro atoms. The van der Waals surface area contributed by atoms with E-state index in [4.69, 9.17) is 11.6 Å². The van der Waals surface area contributed by atoms with Gasteiger partial charge in [0.15, 0.2) is 0 Å². The van der Waals surface area contributed by atoms with Crippen LogP contribution in [0.2, 0.25) is 5.02 Å². The van der Waals surface area contributed by atoms with E-state index < -0.39 is 0 Å². The van der Waals surface area contributed by atoms with E-state index in [-0.39, 0.29) is 12.1 Å². The molecule has 1 aliphatic heterocycles. The van der Waals surface area contributed by atoms with Crippen molar-refractivity contribution in [2.75, 3.05) is 11.9 Å². The van der Waals surface area contributed by atoms with Gasteiger partial charge in [-0.1, -0.05) is 17.7 Å². The zero-order valence-corrected chi connectivity index (χ0v) is 14.4. The van der Waals surface area contributed by atoms with Gasteiger partial charge in [-0.25, -0.2) is 4.79 Å². The number of aromatic nitrogens is 1. The third-order valence-corrected chi connectivity index (χ3v) is 5.38. The molecule has 1 aromatic carbocycles. The Labute approximate surface area is 149 Å². The fourth-order valence-corrected chi connectivity index (χ4v) is 4.05. The monoisotopic (exact) mass is 357 g/mol.